The average molecular weight is 478 g/mol. The lowest BCUT2D eigenvalue weighted by molar-refractivity contribution is 0.251. The number of hydrogen-bond donors (Lipinski definition) is 0. The van der Waals surface area contributed by atoms with E-state index in [1.165, 1.54) is 167 Å². The van der Waals surface area contributed by atoms with Crippen LogP contribution in [0.15, 0.2) is 12.2 Å². The van der Waals surface area contributed by atoms with Crippen LogP contribution in [0.25, 0.3) is 0 Å². The van der Waals surface area contributed by atoms with Crippen molar-refractivity contribution in [2.45, 2.75) is 187 Å². The molecule has 1 atom stereocenters. The molecule has 0 fully saturated rings. The Morgan fingerprint density at radius 1 is 0.412 bits per heavy atom. The summed E-state index contributed by atoms with van der Waals surface area (Å²) >= 11 is 0. The summed E-state index contributed by atoms with van der Waals surface area (Å²) in [6.07, 6.45) is 41.9. The Morgan fingerprint density at radius 2 is 0.706 bits per heavy atom. The van der Waals surface area contributed by atoms with E-state index in [-0.39, 0.29) is 0 Å². The Morgan fingerprint density at radius 3 is 1.03 bits per heavy atom. The Balaban J connectivity index is 3.37. The molecule has 0 rings (SSSR count). The van der Waals surface area contributed by atoms with Gasteiger partial charge in [-0.05, 0) is 52.6 Å². The van der Waals surface area contributed by atoms with Gasteiger partial charge in [-0.15, -0.1) is 0 Å². The van der Waals surface area contributed by atoms with Gasteiger partial charge in [-0.25, -0.2) is 0 Å². The van der Waals surface area contributed by atoms with Gasteiger partial charge in [0, 0.05) is 6.04 Å². The molecule has 0 saturated carbocycles. The Bertz CT molecular complexity index is 386. The van der Waals surface area contributed by atoms with Gasteiger partial charge in [0.1, 0.15) is 0 Å². The monoisotopic (exact) mass is 478 g/mol. The SMILES string of the molecule is CCCCCCCC/C=C/CCCCCCCCCCCC(CCCCCCCCC)N(C)C. The number of hydrogen-bond acceptors (Lipinski definition) is 1. The van der Waals surface area contributed by atoms with Crippen LogP contribution in [0.1, 0.15) is 181 Å². The molecule has 0 amide bonds. The van der Waals surface area contributed by atoms with Gasteiger partial charge in [0.25, 0.3) is 0 Å². The molecule has 0 aromatic carbocycles. The van der Waals surface area contributed by atoms with Crippen molar-refractivity contribution in [2.75, 3.05) is 14.1 Å². The van der Waals surface area contributed by atoms with Crippen LogP contribution in [0.3, 0.4) is 0 Å². The number of rotatable bonds is 28. The van der Waals surface area contributed by atoms with E-state index in [4.69, 9.17) is 0 Å². The number of unbranched alkanes of at least 4 members (excludes halogenated alkanes) is 21. The molecule has 0 bridgehead atoms. The third kappa shape index (κ3) is 26.3. The first kappa shape index (κ1) is 33.7. The normalized spacial score (nSPS) is 12.9. The predicted molar refractivity (Wildman–Crippen MR) is 158 cm³/mol. The van der Waals surface area contributed by atoms with Crippen LogP contribution in [-0.2, 0) is 0 Å². The molecule has 0 aliphatic heterocycles. The van der Waals surface area contributed by atoms with Crippen molar-refractivity contribution < 1.29 is 0 Å². The summed E-state index contributed by atoms with van der Waals surface area (Å²) in [5, 5.41) is 0. The van der Waals surface area contributed by atoms with E-state index in [2.05, 4.69) is 45.0 Å². The smallest absolute Gasteiger partial charge is 0.00891 e. The van der Waals surface area contributed by atoms with E-state index in [0.717, 1.165) is 6.04 Å². The van der Waals surface area contributed by atoms with E-state index < -0.39 is 0 Å². The van der Waals surface area contributed by atoms with Crippen LogP contribution < -0.4 is 0 Å². The quantitative estimate of drug-likeness (QED) is 0.0799. The zero-order valence-corrected chi connectivity index (χ0v) is 24.6. The molecule has 0 aliphatic rings. The highest BCUT2D eigenvalue weighted by Crippen LogP contribution is 2.18. The van der Waals surface area contributed by atoms with E-state index in [0.29, 0.717) is 0 Å². The Hall–Kier alpha value is -0.300. The summed E-state index contributed by atoms with van der Waals surface area (Å²) in [4.78, 5) is 2.49. The zero-order valence-electron chi connectivity index (χ0n) is 24.6. The summed E-state index contributed by atoms with van der Waals surface area (Å²) in [5.41, 5.74) is 0. The van der Waals surface area contributed by atoms with E-state index in [1.54, 1.807) is 0 Å². The average Bonchev–Trinajstić information content (AvgIpc) is 2.83. The highest BCUT2D eigenvalue weighted by atomic mass is 15.1. The molecule has 0 spiro atoms. The molecule has 0 aromatic rings. The summed E-state index contributed by atoms with van der Waals surface area (Å²) < 4.78 is 0. The van der Waals surface area contributed by atoms with Crippen molar-refractivity contribution in [3.8, 4) is 0 Å². The first-order chi connectivity index (χ1) is 16.7. The van der Waals surface area contributed by atoms with Crippen LogP contribution in [0.4, 0.5) is 0 Å². The molecule has 204 valence electrons. The van der Waals surface area contributed by atoms with E-state index in [9.17, 15) is 0 Å². The predicted octanol–water partition coefficient (Wildman–Crippen LogP) is 11.7. The van der Waals surface area contributed by atoms with Crippen molar-refractivity contribution >= 4 is 0 Å². The van der Waals surface area contributed by atoms with Crippen LogP contribution in [0, 0.1) is 0 Å². The summed E-state index contributed by atoms with van der Waals surface area (Å²) in [5.74, 6) is 0. The van der Waals surface area contributed by atoms with Gasteiger partial charge in [0.05, 0.1) is 0 Å². The van der Waals surface area contributed by atoms with E-state index in [1.807, 2.05) is 0 Å². The van der Waals surface area contributed by atoms with Crippen molar-refractivity contribution in [3.05, 3.63) is 12.2 Å². The number of allylic oxidation sites excluding steroid dienone is 2. The molecule has 0 N–H and O–H groups in total. The minimum atomic E-state index is 0.815. The van der Waals surface area contributed by atoms with E-state index >= 15 is 0 Å². The molecule has 1 nitrogen and oxygen atoms in total. The molecule has 0 saturated heterocycles. The molecular weight excluding hydrogens is 410 g/mol. The van der Waals surface area contributed by atoms with Crippen molar-refractivity contribution in [3.63, 3.8) is 0 Å². The second kappa shape index (κ2) is 28.9. The largest absolute Gasteiger partial charge is 0.306 e. The summed E-state index contributed by atoms with van der Waals surface area (Å²) in [7, 11) is 4.58. The molecule has 0 aromatic heterocycles. The topological polar surface area (TPSA) is 3.24 Å². The Labute approximate surface area is 217 Å². The van der Waals surface area contributed by atoms with Gasteiger partial charge >= 0.3 is 0 Å². The Kier molecular flexibility index (Phi) is 28.7. The van der Waals surface area contributed by atoms with Crippen molar-refractivity contribution in [2.24, 2.45) is 0 Å². The first-order valence-electron chi connectivity index (χ1n) is 16.0. The van der Waals surface area contributed by atoms with Gasteiger partial charge < -0.3 is 4.90 Å². The molecule has 1 unspecified atom stereocenters. The lowest BCUT2D eigenvalue weighted by Gasteiger charge is -2.24. The third-order valence-corrected chi connectivity index (χ3v) is 7.67. The lowest BCUT2D eigenvalue weighted by atomic mass is 9.99. The maximum atomic E-state index is 2.49. The maximum Gasteiger partial charge on any atom is 0.00891 e. The maximum absolute atomic E-state index is 2.49. The van der Waals surface area contributed by atoms with Crippen LogP contribution in [-0.4, -0.2) is 25.0 Å². The van der Waals surface area contributed by atoms with Gasteiger partial charge in [-0.3, -0.25) is 0 Å². The molecule has 0 aliphatic carbocycles. The van der Waals surface area contributed by atoms with Crippen LogP contribution >= 0.6 is 0 Å². The minimum Gasteiger partial charge on any atom is -0.306 e. The molecule has 0 radical (unpaired) electrons. The van der Waals surface area contributed by atoms with Crippen molar-refractivity contribution in [1.29, 1.82) is 0 Å². The highest BCUT2D eigenvalue weighted by molar-refractivity contribution is 4.81. The fourth-order valence-electron chi connectivity index (χ4n) is 5.16. The van der Waals surface area contributed by atoms with Gasteiger partial charge in [0.15, 0.2) is 0 Å². The van der Waals surface area contributed by atoms with Crippen LogP contribution in [0.5, 0.6) is 0 Å². The molecule has 1 heteroatoms. The van der Waals surface area contributed by atoms with Crippen molar-refractivity contribution in [1.82, 2.24) is 4.90 Å². The lowest BCUT2D eigenvalue weighted by Crippen LogP contribution is -2.27. The van der Waals surface area contributed by atoms with Gasteiger partial charge in [-0.1, -0.05) is 154 Å². The number of nitrogens with zero attached hydrogens (tertiary/aromatic N) is 1. The highest BCUT2D eigenvalue weighted by Gasteiger charge is 2.10. The summed E-state index contributed by atoms with van der Waals surface area (Å²) in [6, 6.07) is 0.815. The van der Waals surface area contributed by atoms with Crippen LogP contribution in [0.2, 0.25) is 0 Å². The minimum absolute atomic E-state index is 0.815. The zero-order chi connectivity index (χ0) is 25.0. The van der Waals surface area contributed by atoms with Gasteiger partial charge in [-0.2, -0.15) is 0 Å². The fourth-order valence-corrected chi connectivity index (χ4v) is 5.16. The second-order valence-corrected chi connectivity index (χ2v) is 11.3. The molecular formula is C33H67N. The molecule has 34 heavy (non-hydrogen) atoms. The fraction of sp³-hybridized carbons (Fsp3) is 0.939. The summed E-state index contributed by atoms with van der Waals surface area (Å²) in [6.45, 7) is 4.60. The molecule has 0 heterocycles. The first-order valence-corrected chi connectivity index (χ1v) is 16.0. The standard InChI is InChI=1S/C33H67N/c1-5-7-9-11-13-14-15-16-17-18-19-20-21-22-23-24-26-28-30-32-33(34(3)4)31-29-27-25-12-10-8-6-2/h16-17,33H,5-15,18-32H2,1-4H3/b17-16+. The second-order valence-electron chi connectivity index (χ2n) is 11.3. The third-order valence-electron chi connectivity index (χ3n) is 7.67. The van der Waals surface area contributed by atoms with Gasteiger partial charge in [0.2, 0.25) is 0 Å².